The quantitative estimate of drug-likeness (QED) is 0.763. The number of likely N-dealkylation sites (N-methyl/N-ethyl adjacent to an activating group) is 1. The van der Waals surface area contributed by atoms with Gasteiger partial charge in [-0.05, 0) is 45.1 Å². The van der Waals surface area contributed by atoms with Gasteiger partial charge in [-0.15, -0.1) is 0 Å². The van der Waals surface area contributed by atoms with Gasteiger partial charge in [0.25, 0.3) is 0 Å². The number of carbonyl (C=O) groups excluding carboxylic acids is 1. The Kier molecular flexibility index (Phi) is 4.81. The lowest BCUT2D eigenvalue weighted by Gasteiger charge is -2.31. The van der Waals surface area contributed by atoms with E-state index in [0.29, 0.717) is 17.9 Å². The lowest BCUT2D eigenvalue weighted by molar-refractivity contribution is -0.135. The molecule has 3 heteroatoms. The molecule has 1 heterocycles. The van der Waals surface area contributed by atoms with Crippen molar-refractivity contribution in [1.29, 1.82) is 0 Å². The van der Waals surface area contributed by atoms with Gasteiger partial charge in [-0.2, -0.15) is 0 Å². The first-order valence-electron chi connectivity index (χ1n) is 7.38. The first-order chi connectivity index (χ1) is 8.74. The summed E-state index contributed by atoms with van der Waals surface area (Å²) in [6, 6.07) is 0.338. The van der Waals surface area contributed by atoms with Crippen molar-refractivity contribution in [3.63, 3.8) is 0 Å². The Morgan fingerprint density at radius 1 is 1.28 bits per heavy atom. The summed E-state index contributed by atoms with van der Waals surface area (Å²) in [4.78, 5) is 14.7. The molecule has 102 valence electrons. The van der Waals surface area contributed by atoms with Crippen molar-refractivity contribution in [3.05, 3.63) is 12.2 Å². The Morgan fingerprint density at radius 3 is 2.89 bits per heavy atom. The Labute approximate surface area is 111 Å². The number of nitrogens with one attached hydrogen (secondary N) is 1. The van der Waals surface area contributed by atoms with E-state index in [1.165, 1.54) is 19.3 Å². The van der Waals surface area contributed by atoms with Crippen molar-refractivity contribution in [3.8, 4) is 0 Å². The molecule has 2 aliphatic rings. The van der Waals surface area contributed by atoms with E-state index >= 15 is 0 Å². The number of rotatable bonds is 2. The van der Waals surface area contributed by atoms with Gasteiger partial charge < -0.3 is 10.2 Å². The van der Waals surface area contributed by atoms with Crippen molar-refractivity contribution in [2.24, 2.45) is 5.92 Å². The van der Waals surface area contributed by atoms with E-state index in [4.69, 9.17) is 0 Å². The summed E-state index contributed by atoms with van der Waals surface area (Å²) in [5.74, 6) is 0.751. The Balaban J connectivity index is 2.12. The van der Waals surface area contributed by atoms with Gasteiger partial charge >= 0.3 is 0 Å². The molecule has 3 nitrogen and oxygen atoms in total. The summed E-state index contributed by atoms with van der Waals surface area (Å²) in [5, 5.41) is 3.21. The predicted octanol–water partition coefficient (Wildman–Crippen LogP) is 2.33. The van der Waals surface area contributed by atoms with Crippen molar-refractivity contribution < 1.29 is 4.79 Å². The van der Waals surface area contributed by atoms with Gasteiger partial charge in [0.05, 0.1) is 12.1 Å². The second-order valence-corrected chi connectivity index (χ2v) is 5.70. The molecule has 1 fully saturated rings. The maximum absolute atomic E-state index is 12.6. The highest BCUT2D eigenvalue weighted by Gasteiger charge is 2.33. The minimum absolute atomic E-state index is 0.00385. The summed E-state index contributed by atoms with van der Waals surface area (Å²) >= 11 is 0. The normalized spacial score (nSPS) is 34.2. The van der Waals surface area contributed by atoms with Gasteiger partial charge in [-0.3, -0.25) is 4.79 Å². The first-order valence-corrected chi connectivity index (χ1v) is 7.38. The van der Waals surface area contributed by atoms with Gasteiger partial charge in [-0.1, -0.05) is 25.5 Å². The second kappa shape index (κ2) is 6.37. The van der Waals surface area contributed by atoms with E-state index in [0.717, 1.165) is 25.8 Å². The minimum atomic E-state index is 0.00385. The molecule has 18 heavy (non-hydrogen) atoms. The molecule has 0 aromatic heterocycles. The smallest absolute Gasteiger partial charge is 0.240 e. The fraction of sp³-hybridized carbons (Fsp3) is 0.800. The monoisotopic (exact) mass is 250 g/mol. The zero-order chi connectivity index (χ0) is 13.0. The van der Waals surface area contributed by atoms with E-state index in [1.807, 2.05) is 7.05 Å². The molecule has 1 aliphatic carbocycles. The molecule has 1 N–H and O–H groups in total. The summed E-state index contributed by atoms with van der Waals surface area (Å²) < 4.78 is 0. The number of hydrogen-bond acceptors (Lipinski definition) is 2. The number of likely N-dealkylation sites (tertiary alicyclic amines) is 1. The molecule has 3 unspecified atom stereocenters. The molecule has 0 aromatic carbocycles. The summed E-state index contributed by atoms with van der Waals surface area (Å²) in [5.41, 5.74) is 0. The van der Waals surface area contributed by atoms with E-state index in [2.05, 4.69) is 29.3 Å². The van der Waals surface area contributed by atoms with Crippen molar-refractivity contribution in [2.45, 2.75) is 57.5 Å². The molecule has 1 aliphatic heterocycles. The molecule has 1 saturated heterocycles. The maximum Gasteiger partial charge on any atom is 0.240 e. The van der Waals surface area contributed by atoms with Crippen LogP contribution in [-0.2, 0) is 4.79 Å². The summed E-state index contributed by atoms with van der Waals surface area (Å²) in [6.45, 7) is 3.11. The minimum Gasteiger partial charge on any atom is -0.335 e. The van der Waals surface area contributed by atoms with Crippen LogP contribution in [0.1, 0.15) is 45.4 Å². The highest BCUT2D eigenvalue weighted by atomic mass is 16.2. The lowest BCUT2D eigenvalue weighted by atomic mass is 9.97. The summed E-state index contributed by atoms with van der Waals surface area (Å²) in [7, 11) is 1.91. The van der Waals surface area contributed by atoms with Crippen LogP contribution in [0.2, 0.25) is 0 Å². The molecule has 0 radical (unpaired) electrons. The maximum atomic E-state index is 12.6. The number of carbonyl (C=O) groups is 1. The van der Waals surface area contributed by atoms with Gasteiger partial charge in [0.15, 0.2) is 0 Å². The molecule has 2 rings (SSSR count). The highest BCUT2D eigenvalue weighted by molar-refractivity contribution is 5.83. The molecular weight excluding hydrogens is 224 g/mol. The van der Waals surface area contributed by atoms with Crippen molar-refractivity contribution in [1.82, 2.24) is 10.2 Å². The number of allylic oxidation sites excluding steroid dienone is 1. The molecule has 0 bridgehead atoms. The third-order valence-electron chi connectivity index (χ3n) is 4.37. The number of nitrogens with zero attached hydrogens (tertiary/aromatic N) is 1. The van der Waals surface area contributed by atoms with Crippen LogP contribution < -0.4 is 5.32 Å². The van der Waals surface area contributed by atoms with Gasteiger partial charge in [0.1, 0.15) is 0 Å². The SMILES string of the molecule is CNC1C(=O)N(C2C=CCCCC2)CCCC1C. The van der Waals surface area contributed by atoms with Crippen LogP contribution in [0.4, 0.5) is 0 Å². The van der Waals surface area contributed by atoms with Crippen LogP contribution >= 0.6 is 0 Å². The number of hydrogen-bond donors (Lipinski definition) is 1. The predicted molar refractivity (Wildman–Crippen MR) is 74.4 cm³/mol. The fourth-order valence-corrected chi connectivity index (χ4v) is 3.24. The third-order valence-corrected chi connectivity index (χ3v) is 4.37. The second-order valence-electron chi connectivity index (χ2n) is 5.70. The Hall–Kier alpha value is -0.830. The third kappa shape index (κ3) is 2.94. The fourth-order valence-electron chi connectivity index (χ4n) is 3.24. The Morgan fingerprint density at radius 2 is 2.11 bits per heavy atom. The molecule has 0 saturated carbocycles. The summed E-state index contributed by atoms with van der Waals surface area (Å²) in [6.07, 6.45) is 11.6. The van der Waals surface area contributed by atoms with Crippen LogP contribution in [0.25, 0.3) is 0 Å². The standard InChI is InChI=1S/C15H26N2O/c1-12-8-7-11-17(15(18)14(12)16-2)13-9-5-3-4-6-10-13/h5,9,12-14,16H,3-4,6-8,10-11H2,1-2H3. The largest absolute Gasteiger partial charge is 0.335 e. The van der Waals surface area contributed by atoms with Gasteiger partial charge in [0.2, 0.25) is 5.91 Å². The zero-order valence-corrected chi connectivity index (χ0v) is 11.7. The van der Waals surface area contributed by atoms with Crippen molar-refractivity contribution >= 4 is 5.91 Å². The van der Waals surface area contributed by atoms with Gasteiger partial charge in [-0.25, -0.2) is 0 Å². The first kappa shape index (κ1) is 13.6. The van der Waals surface area contributed by atoms with Crippen LogP contribution in [-0.4, -0.2) is 36.5 Å². The van der Waals surface area contributed by atoms with Crippen LogP contribution in [0, 0.1) is 5.92 Å². The topological polar surface area (TPSA) is 32.3 Å². The molecular formula is C15H26N2O. The average Bonchev–Trinajstić information content (AvgIpc) is 2.69. The highest BCUT2D eigenvalue weighted by Crippen LogP contribution is 2.24. The van der Waals surface area contributed by atoms with E-state index < -0.39 is 0 Å². The van der Waals surface area contributed by atoms with Crippen LogP contribution in [0.5, 0.6) is 0 Å². The molecule has 1 amide bonds. The average molecular weight is 250 g/mol. The molecule has 0 aromatic rings. The number of amides is 1. The van der Waals surface area contributed by atoms with Crippen LogP contribution in [0.3, 0.4) is 0 Å². The van der Waals surface area contributed by atoms with E-state index in [-0.39, 0.29) is 6.04 Å². The van der Waals surface area contributed by atoms with Gasteiger partial charge in [0, 0.05) is 6.54 Å². The lowest BCUT2D eigenvalue weighted by Crippen LogP contribution is -2.50. The zero-order valence-electron chi connectivity index (χ0n) is 11.7. The van der Waals surface area contributed by atoms with Crippen LogP contribution in [0.15, 0.2) is 12.2 Å². The van der Waals surface area contributed by atoms with E-state index in [9.17, 15) is 4.79 Å². The van der Waals surface area contributed by atoms with E-state index in [1.54, 1.807) is 0 Å². The van der Waals surface area contributed by atoms with Crippen molar-refractivity contribution in [2.75, 3.05) is 13.6 Å². The molecule has 0 spiro atoms. The molecule has 3 atom stereocenters. The Bertz CT molecular complexity index is 314.